The van der Waals surface area contributed by atoms with E-state index in [9.17, 15) is 18.0 Å². The standard InChI is InChI=1S/C42H50F3N5O5S/c1-3-39(51)47-33-21-35(24-46-23-33)56(53,54)34-11-12-38(37(44)22-34)50-26-41(45,27-50)25-49-17-13-30(14-18-49)42(28-48-15-6-16-48,31-8-5-9-32(43)20-31)36-10-4-7-29(36)19-40(52)55-2/h3,5,8-9,11-12,20-24,29-30,36H,1,4,6-7,10,13-19,25-28H2,2H3,(H,47,51)/t29-,36+,42+/m1/s1. The number of ether oxygens (including phenoxy) is 1. The van der Waals surface area contributed by atoms with Gasteiger partial charge in [0.2, 0.25) is 15.7 Å². The highest BCUT2D eigenvalue weighted by molar-refractivity contribution is 7.91. The molecule has 1 N–H and O–H groups in total. The first-order chi connectivity index (χ1) is 26.8. The van der Waals surface area contributed by atoms with Crippen molar-refractivity contribution in [1.29, 1.82) is 0 Å². The summed E-state index contributed by atoms with van der Waals surface area (Å²) >= 11 is 0. The lowest BCUT2D eigenvalue weighted by atomic mass is 9.56. The van der Waals surface area contributed by atoms with Gasteiger partial charge in [-0.25, -0.2) is 21.6 Å². The summed E-state index contributed by atoms with van der Waals surface area (Å²) in [7, 11) is -2.75. The Morgan fingerprint density at radius 3 is 2.41 bits per heavy atom. The SMILES string of the molecule is C=CC(=O)Nc1cncc(S(=O)(=O)c2ccc(N3CC(F)(CN4CCC([C@@](CN5CCC5)(c5cccc(F)c5)[C@H]5CCC[C@@H]5CC(=O)OC)CC4)C3)c(F)c2)c1. The minimum atomic E-state index is -4.18. The van der Waals surface area contributed by atoms with Crippen LogP contribution in [0.25, 0.3) is 0 Å². The van der Waals surface area contributed by atoms with Gasteiger partial charge in [0.05, 0.1) is 47.6 Å². The highest BCUT2D eigenvalue weighted by Crippen LogP contribution is 2.54. The van der Waals surface area contributed by atoms with E-state index in [1.54, 1.807) is 17.0 Å². The lowest BCUT2D eigenvalue weighted by Gasteiger charge is -2.54. The van der Waals surface area contributed by atoms with Crippen molar-refractivity contribution in [3.8, 4) is 0 Å². The molecule has 2 aromatic carbocycles. The van der Waals surface area contributed by atoms with Crippen LogP contribution >= 0.6 is 0 Å². The molecule has 3 aliphatic heterocycles. The Morgan fingerprint density at radius 1 is 0.982 bits per heavy atom. The zero-order chi connectivity index (χ0) is 39.7. The second-order valence-electron chi connectivity index (χ2n) is 16.0. The first-order valence-corrected chi connectivity index (χ1v) is 21.0. The third kappa shape index (κ3) is 8.10. The summed E-state index contributed by atoms with van der Waals surface area (Å²) in [6.07, 6.45) is 9.41. The first-order valence-electron chi connectivity index (χ1n) is 19.5. The molecule has 1 aliphatic carbocycles. The molecule has 0 bridgehead atoms. The molecule has 0 unspecified atom stereocenters. The summed E-state index contributed by atoms with van der Waals surface area (Å²) < 4.78 is 78.5. The molecule has 4 aliphatic rings. The highest BCUT2D eigenvalue weighted by atomic mass is 32.2. The van der Waals surface area contributed by atoms with Crippen LogP contribution in [0.5, 0.6) is 0 Å². The average molecular weight is 794 g/mol. The number of halogens is 3. The predicted octanol–water partition coefficient (Wildman–Crippen LogP) is 6.18. The second-order valence-corrected chi connectivity index (χ2v) is 18.0. The lowest BCUT2D eigenvalue weighted by Crippen LogP contribution is -2.65. The summed E-state index contributed by atoms with van der Waals surface area (Å²) in [5, 5.41) is 2.46. The Balaban J connectivity index is 1.03. The smallest absolute Gasteiger partial charge is 0.305 e. The molecule has 1 aromatic heterocycles. The number of aromatic nitrogens is 1. The molecule has 0 spiro atoms. The fraction of sp³-hybridized carbons (Fsp3) is 0.500. The van der Waals surface area contributed by atoms with Crippen LogP contribution in [0, 0.1) is 29.4 Å². The number of hydrogen-bond acceptors (Lipinski definition) is 9. The van der Waals surface area contributed by atoms with Gasteiger partial charge in [-0.15, -0.1) is 0 Å². The normalized spacial score (nSPS) is 22.8. The number of esters is 1. The van der Waals surface area contributed by atoms with E-state index in [4.69, 9.17) is 4.74 Å². The fourth-order valence-electron chi connectivity index (χ4n) is 9.82. The zero-order valence-electron chi connectivity index (χ0n) is 31.8. The molecule has 1 amide bonds. The molecule has 3 atom stereocenters. The van der Waals surface area contributed by atoms with E-state index in [0.717, 1.165) is 82.1 Å². The maximum absolute atomic E-state index is 16.3. The number of methoxy groups -OCH3 is 1. The Hall–Kier alpha value is -4.27. The Bertz CT molecular complexity index is 2050. The number of amides is 1. The molecular weight excluding hydrogens is 744 g/mol. The maximum atomic E-state index is 16.3. The van der Waals surface area contributed by atoms with E-state index >= 15 is 13.2 Å². The monoisotopic (exact) mass is 793 g/mol. The predicted molar refractivity (Wildman–Crippen MR) is 207 cm³/mol. The summed E-state index contributed by atoms with van der Waals surface area (Å²) in [6.45, 7) is 7.59. The van der Waals surface area contributed by atoms with Crippen LogP contribution in [0.2, 0.25) is 0 Å². The van der Waals surface area contributed by atoms with Gasteiger partial charge in [-0.3, -0.25) is 19.5 Å². The first kappa shape index (κ1) is 39.9. The van der Waals surface area contributed by atoms with Gasteiger partial charge in [-0.2, -0.15) is 0 Å². The number of alkyl halides is 1. The van der Waals surface area contributed by atoms with Crippen molar-refractivity contribution in [3.05, 3.63) is 90.8 Å². The number of piperidine rings is 1. The van der Waals surface area contributed by atoms with Crippen LogP contribution < -0.4 is 10.2 Å². The number of rotatable bonds is 14. The molecule has 4 heterocycles. The molecule has 3 aromatic rings. The van der Waals surface area contributed by atoms with Crippen molar-refractivity contribution in [2.45, 2.75) is 65.8 Å². The maximum Gasteiger partial charge on any atom is 0.305 e. The van der Waals surface area contributed by atoms with Gasteiger partial charge in [-0.05, 0) is 124 Å². The van der Waals surface area contributed by atoms with Gasteiger partial charge in [0, 0.05) is 31.1 Å². The number of likely N-dealkylation sites (tertiary alicyclic amines) is 2. The number of nitrogens with one attached hydrogen (secondary N) is 1. The number of carbonyl (C=O) groups is 2. The molecule has 4 fully saturated rings. The zero-order valence-corrected chi connectivity index (χ0v) is 32.6. The molecule has 56 heavy (non-hydrogen) atoms. The van der Waals surface area contributed by atoms with Gasteiger partial charge in [0.1, 0.15) is 11.6 Å². The second kappa shape index (κ2) is 16.3. The molecule has 7 rings (SSSR count). The average Bonchev–Trinajstić information content (AvgIpc) is 3.62. The Kier molecular flexibility index (Phi) is 11.6. The van der Waals surface area contributed by atoms with E-state index in [2.05, 4.69) is 32.7 Å². The van der Waals surface area contributed by atoms with E-state index in [-0.39, 0.29) is 75.8 Å². The third-order valence-corrected chi connectivity index (χ3v) is 14.3. The molecule has 0 radical (unpaired) electrons. The fourth-order valence-corrected chi connectivity index (χ4v) is 11.1. The van der Waals surface area contributed by atoms with Gasteiger partial charge in [0.15, 0.2) is 5.67 Å². The number of nitrogens with zero attached hydrogens (tertiary/aromatic N) is 4. The molecule has 1 saturated carbocycles. The number of anilines is 2. The molecule has 14 heteroatoms. The van der Waals surface area contributed by atoms with Gasteiger partial charge in [-0.1, -0.05) is 25.1 Å². The molecule has 10 nitrogen and oxygen atoms in total. The molecular formula is C42H50F3N5O5S. The number of pyridine rings is 1. The number of benzene rings is 2. The molecule has 3 saturated heterocycles. The largest absolute Gasteiger partial charge is 0.469 e. The number of carbonyl (C=O) groups excluding carboxylic acids is 2. The van der Waals surface area contributed by atoms with Crippen LogP contribution in [-0.4, -0.2) is 100 Å². The van der Waals surface area contributed by atoms with Crippen LogP contribution in [0.3, 0.4) is 0 Å². The number of sulfone groups is 1. The van der Waals surface area contributed by atoms with Crippen LogP contribution in [0.15, 0.2) is 83.4 Å². The van der Waals surface area contributed by atoms with E-state index in [1.165, 1.54) is 37.6 Å². The summed E-state index contributed by atoms with van der Waals surface area (Å²) in [6, 6.07) is 11.8. The van der Waals surface area contributed by atoms with Crippen molar-refractivity contribution in [3.63, 3.8) is 0 Å². The quantitative estimate of drug-likeness (QED) is 0.151. The van der Waals surface area contributed by atoms with Gasteiger partial charge < -0.3 is 19.9 Å². The summed E-state index contributed by atoms with van der Waals surface area (Å²) in [5.74, 6) is -1.29. The number of hydrogen-bond donors (Lipinski definition) is 1. The summed E-state index contributed by atoms with van der Waals surface area (Å²) in [5.41, 5.74) is -0.704. The van der Waals surface area contributed by atoms with Crippen LogP contribution in [0.1, 0.15) is 50.5 Å². The minimum absolute atomic E-state index is 0.0373. The van der Waals surface area contributed by atoms with Crippen LogP contribution in [-0.2, 0) is 29.6 Å². The van der Waals surface area contributed by atoms with Crippen molar-refractivity contribution < 1.29 is 35.9 Å². The minimum Gasteiger partial charge on any atom is -0.469 e. The van der Waals surface area contributed by atoms with Crippen molar-refractivity contribution in [2.75, 3.05) is 69.7 Å². The third-order valence-electron chi connectivity index (χ3n) is 12.6. The van der Waals surface area contributed by atoms with Crippen molar-refractivity contribution in [2.24, 2.45) is 17.8 Å². The van der Waals surface area contributed by atoms with Gasteiger partial charge in [0.25, 0.3) is 0 Å². The summed E-state index contributed by atoms with van der Waals surface area (Å²) in [4.78, 5) is 33.8. The van der Waals surface area contributed by atoms with Gasteiger partial charge >= 0.3 is 5.97 Å². The Morgan fingerprint density at radius 2 is 1.75 bits per heavy atom. The molecule has 300 valence electrons. The van der Waals surface area contributed by atoms with Crippen molar-refractivity contribution >= 4 is 33.1 Å². The van der Waals surface area contributed by atoms with Crippen LogP contribution in [0.4, 0.5) is 24.5 Å². The topological polar surface area (TPSA) is 112 Å². The van der Waals surface area contributed by atoms with E-state index < -0.39 is 27.2 Å². The van der Waals surface area contributed by atoms with E-state index in [1.807, 2.05) is 0 Å². The highest BCUT2D eigenvalue weighted by Gasteiger charge is 2.53. The Labute approximate surface area is 327 Å². The van der Waals surface area contributed by atoms with E-state index in [0.29, 0.717) is 19.5 Å². The van der Waals surface area contributed by atoms with Crippen molar-refractivity contribution in [1.82, 2.24) is 14.8 Å². The lowest BCUT2D eigenvalue weighted by molar-refractivity contribution is -0.142.